The van der Waals surface area contributed by atoms with Crippen LogP contribution >= 0.6 is 0 Å². The molecule has 1 aliphatic rings. The van der Waals surface area contributed by atoms with Gasteiger partial charge in [-0.3, -0.25) is 0 Å². The van der Waals surface area contributed by atoms with Crippen LogP contribution in [-0.4, -0.2) is 37.1 Å². The number of rotatable bonds is 2. The number of hydrogen-bond donors (Lipinski definition) is 1. The highest BCUT2D eigenvalue weighted by atomic mass is 15.1. The van der Waals surface area contributed by atoms with Gasteiger partial charge in [0.05, 0.1) is 12.0 Å². The zero-order valence-electron chi connectivity index (χ0n) is 8.75. The maximum atomic E-state index is 8.98. The molecule has 0 aliphatic carbocycles. The second-order valence-electron chi connectivity index (χ2n) is 4.21. The van der Waals surface area contributed by atoms with Crippen molar-refractivity contribution in [3.05, 3.63) is 0 Å². The topological polar surface area (TPSA) is 39.1 Å². The van der Waals surface area contributed by atoms with Crippen LogP contribution in [0, 0.1) is 17.2 Å². The highest BCUT2D eigenvalue weighted by Crippen LogP contribution is 2.15. The van der Waals surface area contributed by atoms with Crippen LogP contribution in [0.1, 0.15) is 20.3 Å². The van der Waals surface area contributed by atoms with Crippen molar-refractivity contribution < 1.29 is 0 Å². The Labute approximate surface area is 80.7 Å². The lowest BCUT2D eigenvalue weighted by molar-refractivity contribution is 0.189. The van der Waals surface area contributed by atoms with E-state index >= 15 is 0 Å². The van der Waals surface area contributed by atoms with Gasteiger partial charge in [-0.1, -0.05) is 13.8 Å². The van der Waals surface area contributed by atoms with Gasteiger partial charge in [0.15, 0.2) is 0 Å². The first-order valence-corrected chi connectivity index (χ1v) is 4.97. The van der Waals surface area contributed by atoms with Gasteiger partial charge in [0.25, 0.3) is 0 Å². The summed E-state index contributed by atoms with van der Waals surface area (Å²) in [6.45, 7) is 6.27. The van der Waals surface area contributed by atoms with Gasteiger partial charge in [0.1, 0.15) is 0 Å². The van der Waals surface area contributed by atoms with E-state index in [2.05, 4.69) is 37.2 Å². The monoisotopic (exact) mass is 181 g/mol. The molecule has 1 fully saturated rings. The predicted octanol–water partition coefficient (Wildman–Crippen LogP) is 0.828. The highest BCUT2D eigenvalue weighted by Gasteiger charge is 2.27. The molecule has 0 radical (unpaired) electrons. The molecule has 1 aliphatic heterocycles. The number of piperidine rings is 1. The second-order valence-corrected chi connectivity index (χ2v) is 4.21. The zero-order chi connectivity index (χ0) is 9.84. The van der Waals surface area contributed by atoms with E-state index in [0.717, 1.165) is 19.5 Å². The molecule has 0 aromatic heterocycles. The fourth-order valence-corrected chi connectivity index (χ4v) is 1.87. The largest absolute Gasteiger partial charge is 0.310 e. The van der Waals surface area contributed by atoms with Crippen molar-refractivity contribution in [3.63, 3.8) is 0 Å². The lowest BCUT2D eigenvalue weighted by Gasteiger charge is -2.34. The molecule has 3 heteroatoms. The third-order valence-corrected chi connectivity index (χ3v) is 2.53. The van der Waals surface area contributed by atoms with Crippen LogP contribution in [0.15, 0.2) is 0 Å². The number of nitrogens with zero attached hydrogens (tertiary/aromatic N) is 2. The SMILES string of the molecule is CC(C)NC1CCN(C)C[C@H]1C#N. The van der Waals surface area contributed by atoms with Gasteiger partial charge in [-0.25, -0.2) is 0 Å². The van der Waals surface area contributed by atoms with Gasteiger partial charge in [0, 0.05) is 18.6 Å². The highest BCUT2D eigenvalue weighted by molar-refractivity contribution is 4.97. The van der Waals surface area contributed by atoms with Crippen LogP contribution in [0.2, 0.25) is 0 Å². The smallest absolute Gasteiger partial charge is 0.0743 e. The van der Waals surface area contributed by atoms with E-state index in [1.54, 1.807) is 0 Å². The molecule has 0 amide bonds. The van der Waals surface area contributed by atoms with Crippen molar-refractivity contribution in [2.45, 2.75) is 32.4 Å². The van der Waals surface area contributed by atoms with E-state index in [1.165, 1.54) is 0 Å². The van der Waals surface area contributed by atoms with E-state index in [9.17, 15) is 0 Å². The van der Waals surface area contributed by atoms with E-state index < -0.39 is 0 Å². The molecule has 0 aromatic carbocycles. The Kier molecular flexibility index (Phi) is 3.71. The summed E-state index contributed by atoms with van der Waals surface area (Å²) in [5.74, 6) is 0.154. The molecule has 1 unspecified atom stereocenters. The second kappa shape index (κ2) is 4.59. The van der Waals surface area contributed by atoms with Crippen LogP contribution in [0.4, 0.5) is 0 Å². The molecular formula is C10H19N3. The van der Waals surface area contributed by atoms with Crippen LogP contribution in [0.3, 0.4) is 0 Å². The minimum absolute atomic E-state index is 0.154. The molecule has 2 atom stereocenters. The molecule has 1 heterocycles. The van der Waals surface area contributed by atoms with Gasteiger partial charge in [-0.05, 0) is 20.0 Å². The Morgan fingerprint density at radius 3 is 2.77 bits per heavy atom. The Morgan fingerprint density at radius 2 is 2.23 bits per heavy atom. The number of nitriles is 1. The standard InChI is InChI=1S/C10H19N3/c1-8(2)12-10-4-5-13(3)7-9(10)6-11/h8-10,12H,4-5,7H2,1-3H3/t9-,10?/m1/s1. The molecule has 74 valence electrons. The van der Waals surface area contributed by atoms with Gasteiger partial charge < -0.3 is 10.2 Å². The lowest BCUT2D eigenvalue weighted by Crippen LogP contribution is -2.49. The third kappa shape index (κ3) is 2.98. The summed E-state index contributed by atoms with van der Waals surface area (Å²) in [4.78, 5) is 2.23. The Hall–Kier alpha value is -0.590. The van der Waals surface area contributed by atoms with Crippen molar-refractivity contribution in [2.24, 2.45) is 5.92 Å². The third-order valence-electron chi connectivity index (χ3n) is 2.53. The Bertz CT molecular complexity index is 195. The fraction of sp³-hybridized carbons (Fsp3) is 0.900. The number of hydrogen-bond acceptors (Lipinski definition) is 3. The van der Waals surface area contributed by atoms with E-state index in [4.69, 9.17) is 5.26 Å². The molecule has 0 spiro atoms. The van der Waals surface area contributed by atoms with Gasteiger partial charge in [-0.15, -0.1) is 0 Å². The van der Waals surface area contributed by atoms with E-state index in [-0.39, 0.29) is 5.92 Å². The first kappa shape index (κ1) is 10.5. The molecule has 0 saturated carbocycles. The van der Waals surface area contributed by atoms with E-state index in [0.29, 0.717) is 12.1 Å². The molecule has 1 saturated heterocycles. The summed E-state index contributed by atoms with van der Waals surface area (Å²) in [5.41, 5.74) is 0. The molecule has 1 rings (SSSR count). The first-order valence-electron chi connectivity index (χ1n) is 4.97. The molecule has 0 aromatic rings. The van der Waals surface area contributed by atoms with Crippen LogP contribution in [0.5, 0.6) is 0 Å². The minimum atomic E-state index is 0.154. The van der Waals surface area contributed by atoms with Crippen LogP contribution < -0.4 is 5.32 Å². The number of likely N-dealkylation sites (tertiary alicyclic amines) is 1. The van der Waals surface area contributed by atoms with Gasteiger partial charge >= 0.3 is 0 Å². The first-order chi connectivity index (χ1) is 6.13. The molecule has 1 N–H and O–H groups in total. The molecular weight excluding hydrogens is 162 g/mol. The quantitative estimate of drug-likeness (QED) is 0.686. The summed E-state index contributed by atoms with van der Waals surface area (Å²) < 4.78 is 0. The zero-order valence-corrected chi connectivity index (χ0v) is 8.75. The van der Waals surface area contributed by atoms with Crippen molar-refractivity contribution in [1.29, 1.82) is 5.26 Å². The normalized spacial score (nSPS) is 30.4. The summed E-state index contributed by atoms with van der Waals surface area (Å²) in [7, 11) is 2.08. The van der Waals surface area contributed by atoms with E-state index in [1.807, 2.05) is 0 Å². The predicted molar refractivity (Wildman–Crippen MR) is 53.3 cm³/mol. The molecule has 0 bridgehead atoms. The molecule has 3 nitrogen and oxygen atoms in total. The van der Waals surface area contributed by atoms with Crippen molar-refractivity contribution in [3.8, 4) is 6.07 Å². The Balaban J connectivity index is 2.49. The fourth-order valence-electron chi connectivity index (χ4n) is 1.87. The summed E-state index contributed by atoms with van der Waals surface area (Å²) in [6.07, 6.45) is 1.09. The van der Waals surface area contributed by atoms with Gasteiger partial charge in [0.2, 0.25) is 0 Å². The number of nitrogens with one attached hydrogen (secondary N) is 1. The maximum absolute atomic E-state index is 8.98. The minimum Gasteiger partial charge on any atom is -0.310 e. The van der Waals surface area contributed by atoms with Crippen molar-refractivity contribution >= 4 is 0 Å². The van der Waals surface area contributed by atoms with Gasteiger partial charge in [-0.2, -0.15) is 5.26 Å². The molecule has 13 heavy (non-hydrogen) atoms. The summed E-state index contributed by atoms with van der Waals surface area (Å²) >= 11 is 0. The van der Waals surface area contributed by atoms with Crippen LogP contribution in [-0.2, 0) is 0 Å². The maximum Gasteiger partial charge on any atom is 0.0743 e. The lowest BCUT2D eigenvalue weighted by atomic mass is 9.93. The van der Waals surface area contributed by atoms with Crippen molar-refractivity contribution in [2.75, 3.05) is 20.1 Å². The average molecular weight is 181 g/mol. The van der Waals surface area contributed by atoms with Crippen LogP contribution in [0.25, 0.3) is 0 Å². The summed E-state index contributed by atoms with van der Waals surface area (Å²) in [6, 6.07) is 3.25. The summed E-state index contributed by atoms with van der Waals surface area (Å²) in [5, 5.41) is 12.4. The Morgan fingerprint density at radius 1 is 1.54 bits per heavy atom. The average Bonchev–Trinajstić information content (AvgIpc) is 2.07. The van der Waals surface area contributed by atoms with Crippen molar-refractivity contribution in [1.82, 2.24) is 10.2 Å².